The summed E-state index contributed by atoms with van der Waals surface area (Å²) >= 11 is 0. The molecule has 0 aliphatic heterocycles. The minimum absolute atomic E-state index is 0.151. The molecule has 0 aromatic heterocycles. The SMILES string of the molecule is FC(F)Oc1ccccc1CNOCc1ccccc1. The molecule has 0 saturated heterocycles. The summed E-state index contributed by atoms with van der Waals surface area (Å²) in [6.07, 6.45) is 0. The lowest BCUT2D eigenvalue weighted by atomic mass is 10.2. The molecule has 1 N–H and O–H groups in total. The Kier molecular flexibility index (Phi) is 5.46. The van der Waals surface area contributed by atoms with E-state index in [-0.39, 0.29) is 12.3 Å². The van der Waals surface area contributed by atoms with Gasteiger partial charge >= 0.3 is 6.61 Å². The van der Waals surface area contributed by atoms with Crippen molar-refractivity contribution in [3.63, 3.8) is 0 Å². The fourth-order valence-corrected chi connectivity index (χ4v) is 1.70. The number of para-hydroxylation sites is 1. The normalized spacial score (nSPS) is 10.8. The fraction of sp³-hybridized carbons (Fsp3) is 0.200. The van der Waals surface area contributed by atoms with Gasteiger partial charge in [-0.2, -0.15) is 14.3 Å². The van der Waals surface area contributed by atoms with E-state index >= 15 is 0 Å². The molecule has 0 atom stereocenters. The third kappa shape index (κ3) is 4.60. The van der Waals surface area contributed by atoms with Gasteiger partial charge in [-0.25, -0.2) is 0 Å². The molecular formula is C15H15F2NO2. The average molecular weight is 279 g/mol. The Hall–Kier alpha value is -1.98. The van der Waals surface area contributed by atoms with Gasteiger partial charge in [0.2, 0.25) is 0 Å². The van der Waals surface area contributed by atoms with E-state index in [4.69, 9.17) is 4.84 Å². The molecule has 0 radical (unpaired) electrons. The van der Waals surface area contributed by atoms with Gasteiger partial charge in [-0.05, 0) is 11.6 Å². The van der Waals surface area contributed by atoms with E-state index in [1.165, 1.54) is 6.07 Å². The minimum Gasteiger partial charge on any atom is -0.434 e. The number of ether oxygens (including phenoxy) is 1. The Labute approximate surface area is 116 Å². The molecule has 2 aromatic rings. The summed E-state index contributed by atoms with van der Waals surface area (Å²) in [5, 5.41) is 0. The average Bonchev–Trinajstić information content (AvgIpc) is 2.46. The monoisotopic (exact) mass is 279 g/mol. The van der Waals surface area contributed by atoms with Gasteiger partial charge in [0.25, 0.3) is 0 Å². The Morgan fingerprint density at radius 2 is 1.65 bits per heavy atom. The molecule has 0 saturated carbocycles. The molecule has 2 rings (SSSR count). The summed E-state index contributed by atoms with van der Waals surface area (Å²) in [4.78, 5) is 5.29. The maximum absolute atomic E-state index is 12.2. The largest absolute Gasteiger partial charge is 0.434 e. The first kappa shape index (κ1) is 14.4. The Morgan fingerprint density at radius 3 is 2.40 bits per heavy atom. The highest BCUT2D eigenvalue weighted by Crippen LogP contribution is 2.19. The van der Waals surface area contributed by atoms with E-state index in [0.717, 1.165) is 5.56 Å². The van der Waals surface area contributed by atoms with Crippen LogP contribution in [0.1, 0.15) is 11.1 Å². The van der Waals surface area contributed by atoms with Gasteiger partial charge in [0, 0.05) is 12.1 Å². The predicted octanol–water partition coefficient (Wildman–Crippen LogP) is 3.51. The van der Waals surface area contributed by atoms with Crippen molar-refractivity contribution in [2.75, 3.05) is 0 Å². The number of benzene rings is 2. The van der Waals surface area contributed by atoms with Gasteiger partial charge in [-0.1, -0.05) is 48.5 Å². The quantitative estimate of drug-likeness (QED) is 0.621. The minimum atomic E-state index is -2.83. The van der Waals surface area contributed by atoms with Crippen molar-refractivity contribution in [2.24, 2.45) is 0 Å². The first-order chi connectivity index (χ1) is 9.75. The van der Waals surface area contributed by atoms with Crippen LogP contribution in [-0.4, -0.2) is 6.61 Å². The zero-order chi connectivity index (χ0) is 14.2. The Balaban J connectivity index is 1.82. The van der Waals surface area contributed by atoms with Crippen LogP contribution in [0.4, 0.5) is 8.78 Å². The molecule has 106 valence electrons. The number of hydrogen-bond donors (Lipinski definition) is 1. The van der Waals surface area contributed by atoms with Crippen molar-refractivity contribution >= 4 is 0 Å². The third-order valence-electron chi connectivity index (χ3n) is 2.64. The molecule has 0 aliphatic carbocycles. The van der Waals surface area contributed by atoms with Crippen molar-refractivity contribution in [3.8, 4) is 5.75 Å². The van der Waals surface area contributed by atoms with Crippen LogP contribution in [-0.2, 0) is 18.0 Å². The summed E-state index contributed by atoms with van der Waals surface area (Å²) in [5.41, 5.74) is 4.38. The van der Waals surface area contributed by atoms with Crippen LogP contribution in [0.3, 0.4) is 0 Å². The van der Waals surface area contributed by atoms with Crippen molar-refractivity contribution in [1.29, 1.82) is 0 Å². The molecule has 0 fully saturated rings. The van der Waals surface area contributed by atoms with Crippen LogP contribution >= 0.6 is 0 Å². The Bertz CT molecular complexity index is 520. The molecule has 0 spiro atoms. The van der Waals surface area contributed by atoms with Crippen LogP contribution in [0.25, 0.3) is 0 Å². The molecule has 0 unspecified atom stereocenters. The second-order valence-corrected chi connectivity index (χ2v) is 4.08. The van der Waals surface area contributed by atoms with E-state index in [0.29, 0.717) is 12.2 Å². The van der Waals surface area contributed by atoms with Gasteiger partial charge in [-0.3, -0.25) is 4.84 Å². The number of rotatable bonds is 7. The van der Waals surface area contributed by atoms with Gasteiger partial charge in [0.15, 0.2) is 0 Å². The lowest BCUT2D eigenvalue weighted by Crippen LogP contribution is -2.15. The second kappa shape index (κ2) is 7.57. The topological polar surface area (TPSA) is 30.5 Å². The molecule has 0 aliphatic rings. The smallest absolute Gasteiger partial charge is 0.387 e. The number of hydrogen-bond acceptors (Lipinski definition) is 3. The van der Waals surface area contributed by atoms with Crippen LogP contribution in [0, 0.1) is 0 Å². The highest BCUT2D eigenvalue weighted by atomic mass is 19.3. The fourth-order valence-electron chi connectivity index (χ4n) is 1.70. The molecule has 0 heterocycles. The van der Waals surface area contributed by atoms with Crippen LogP contribution in [0.15, 0.2) is 54.6 Å². The molecule has 0 amide bonds. The second-order valence-electron chi connectivity index (χ2n) is 4.08. The first-order valence-electron chi connectivity index (χ1n) is 6.17. The van der Waals surface area contributed by atoms with Gasteiger partial charge in [0.1, 0.15) is 5.75 Å². The standard InChI is InChI=1S/C15H15F2NO2/c16-15(17)20-14-9-5-4-8-13(14)10-18-19-11-12-6-2-1-3-7-12/h1-9,15,18H,10-11H2. The zero-order valence-corrected chi connectivity index (χ0v) is 10.8. The molecule has 3 nitrogen and oxygen atoms in total. The van der Waals surface area contributed by atoms with Crippen molar-refractivity contribution < 1.29 is 18.4 Å². The van der Waals surface area contributed by atoms with E-state index in [2.05, 4.69) is 10.2 Å². The van der Waals surface area contributed by atoms with Crippen molar-refractivity contribution in [2.45, 2.75) is 19.8 Å². The molecule has 5 heteroatoms. The van der Waals surface area contributed by atoms with Gasteiger partial charge in [-0.15, -0.1) is 0 Å². The lowest BCUT2D eigenvalue weighted by molar-refractivity contribution is -0.0512. The molecule has 0 bridgehead atoms. The number of nitrogens with one attached hydrogen (secondary N) is 1. The lowest BCUT2D eigenvalue weighted by Gasteiger charge is -2.11. The van der Waals surface area contributed by atoms with E-state index in [1.54, 1.807) is 18.2 Å². The van der Waals surface area contributed by atoms with Crippen molar-refractivity contribution in [3.05, 3.63) is 65.7 Å². The number of halogens is 2. The summed E-state index contributed by atoms with van der Waals surface area (Å²) in [6.45, 7) is -2.14. The summed E-state index contributed by atoms with van der Waals surface area (Å²) < 4.78 is 28.9. The predicted molar refractivity (Wildman–Crippen MR) is 71.1 cm³/mol. The Morgan fingerprint density at radius 1 is 0.950 bits per heavy atom. The van der Waals surface area contributed by atoms with Crippen LogP contribution < -0.4 is 10.2 Å². The zero-order valence-electron chi connectivity index (χ0n) is 10.8. The maximum atomic E-state index is 12.2. The number of hydroxylamine groups is 1. The van der Waals surface area contributed by atoms with Crippen molar-refractivity contribution in [1.82, 2.24) is 5.48 Å². The van der Waals surface area contributed by atoms with Gasteiger partial charge < -0.3 is 4.74 Å². The summed E-state index contributed by atoms with van der Waals surface area (Å²) in [7, 11) is 0. The summed E-state index contributed by atoms with van der Waals surface area (Å²) in [5.74, 6) is 0.151. The van der Waals surface area contributed by atoms with E-state index < -0.39 is 6.61 Å². The first-order valence-corrected chi connectivity index (χ1v) is 6.17. The molecular weight excluding hydrogens is 264 g/mol. The molecule has 2 aromatic carbocycles. The highest BCUT2D eigenvalue weighted by Gasteiger charge is 2.08. The third-order valence-corrected chi connectivity index (χ3v) is 2.64. The van der Waals surface area contributed by atoms with Crippen LogP contribution in [0.2, 0.25) is 0 Å². The van der Waals surface area contributed by atoms with E-state index in [9.17, 15) is 8.78 Å². The number of alkyl halides is 2. The molecule has 20 heavy (non-hydrogen) atoms. The van der Waals surface area contributed by atoms with Gasteiger partial charge in [0.05, 0.1) is 6.61 Å². The van der Waals surface area contributed by atoms with Crippen LogP contribution in [0.5, 0.6) is 5.75 Å². The van der Waals surface area contributed by atoms with E-state index in [1.807, 2.05) is 30.3 Å². The maximum Gasteiger partial charge on any atom is 0.387 e. The summed E-state index contributed by atoms with van der Waals surface area (Å²) in [6, 6.07) is 16.3. The highest BCUT2D eigenvalue weighted by molar-refractivity contribution is 5.33.